The molecule has 0 radical (unpaired) electrons. The Morgan fingerprint density at radius 1 is 1.19 bits per heavy atom. The van der Waals surface area contributed by atoms with E-state index in [1.807, 2.05) is 24.3 Å². The normalized spacial score (nSPS) is 11.8. The lowest BCUT2D eigenvalue weighted by molar-refractivity contribution is 0.519. The summed E-state index contributed by atoms with van der Waals surface area (Å²) in [5.74, 6) is 0. The van der Waals surface area contributed by atoms with Crippen LogP contribution in [-0.2, 0) is 16.6 Å². The van der Waals surface area contributed by atoms with Gasteiger partial charge < -0.3 is 4.57 Å². The predicted molar refractivity (Wildman–Crippen MR) is 84.8 cm³/mol. The van der Waals surface area contributed by atoms with E-state index in [1.54, 1.807) is 0 Å². The molecule has 0 fully saturated rings. The second-order valence-electron chi connectivity index (χ2n) is 4.75. The molecule has 2 rings (SSSR count). The zero-order valence-electron chi connectivity index (χ0n) is 11.7. The van der Waals surface area contributed by atoms with Crippen LogP contribution >= 0.6 is 15.9 Å². The summed E-state index contributed by atoms with van der Waals surface area (Å²) in [6.45, 7) is 0.315. The van der Waals surface area contributed by atoms with E-state index in [1.165, 1.54) is 37.0 Å². The van der Waals surface area contributed by atoms with E-state index < -0.39 is 10.0 Å². The third kappa shape index (κ3) is 3.61. The SMILES string of the molecule is CN(C)S(=O)(=O)c1ccc(=O)n(Cc2cccc(Br)c2)c1. The zero-order chi connectivity index (χ0) is 15.6. The largest absolute Gasteiger partial charge is 0.310 e. The molecule has 0 amide bonds. The molecule has 0 aliphatic carbocycles. The summed E-state index contributed by atoms with van der Waals surface area (Å²) in [5, 5.41) is 0. The molecule has 21 heavy (non-hydrogen) atoms. The number of nitrogens with zero attached hydrogens (tertiary/aromatic N) is 2. The molecule has 0 atom stereocenters. The minimum absolute atomic E-state index is 0.0992. The van der Waals surface area contributed by atoms with Crippen molar-refractivity contribution in [1.29, 1.82) is 0 Å². The lowest BCUT2D eigenvalue weighted by Crippen LogP contribution is -2.26. The van der Waals surface area contributed by atoms with Crippen molar-refractivity contribution in [3.63, 3.8) is 0 Å². The van der Waals surface area contributed by atoms with Gasteiger partial charge in [0.05, 0.1) is 11.4 Å². The first-order valence-corrected chi connectivity index (χ1v) is 8.41. The lowest BCUT2D eigenvalue weighted by atomic mass is 10.2. The monoisotopic (exact) mass is 370 g/mol. The Morgan fingerprint density at radius 2 is 1.90 bits per heavy atom. The number of halogens is 1. The van der Waals surface area contributed by atoms with Crippen molar-refractivity contribution in [2.75, 3.05) is 14.1 Å². The Kier molecular flexibility index (Phi) is 4.65. The summed E-state index contributed by atoms with van der Waals surface area (Å²) in [4.78, 5) is 12.0. The minimum Gasteiger partial charge on any atom is -0.310 e. The third-order valence-corrected chi connectivity index (χ3v) is 5.27. The van der Waals surface area contributed by atoms with Gasteiger partial charge in [0, 0.05) is 30.8 Å². The van der Waals surface area contributed by atoms with Crippen molar-refractivity contribution >= 4 is 26.0 Å². The van der Waals surface area contributed by atoms with Crippen molar-refractivity contribution in [3.05, 3.63) is 63.0 Å². The van der Waals surface area contributed by atoms with Crippen molar-refractivity contribution < 1.29 is 8.42 Å². The van der Waals surface area contributed by atoms with Gasteiger partial charge in [-0.25, -0.2) is 12.7 Å². The summed E-state index contributed by atoms with van der Waals surface area (Å²) in [7, 11) is -0.637. The number of pyridine rings is 1. The summed E-state index contributed by atoms with van der Waals surface area (Å²) >= 11 is 3.37. The van der Waals surface area contributed by atoms with Crippen LogP contribution in [0.15, 0.2) is 56.8 Å². The number of hydrogen-bond acceptors (Lipinski definition) is 3. The fraction of sp³-hybridized carbons (Fsp3) is 0.214. The van der Waals surface area contributed by atoms with E-state index in [4.69, 9.17) is 0 Å². The molecule has 0 saturated carbocycles. The van der Waals surface area contributed by atoms with Gasteiger partial charge in [-0.15, -0.1) is 0 Å². The highest BCUT2D eigenvalue weighted by Crippen LogP contribution is 2.14. The summed E-state index contributed by atoms with van der Waals surface area (Å²) in [6.07, 6.45) is 1.37. The van der Waals surface area contributed by atoms with E-state index in [2.05, 4.69) is 15.9 Å². The molecule has 112 valence electrons. The summed E-state index contributed by atoms with van der Waals surface area (Å²) in [6, 6.07) is 10.1. The minimum atomic E-state index is -3.55. The molecule has 0 unspecified atom stereocenters. The van der Waals surface area contributed by atoms with Crippen LogP contribution in [0, 0.1) is 0 Å². The molecule has 1 aromatic carbocycles. The van der Waals surface area contributed by atoms with Crippen molar-refractivity contribution in [3.8, 4) is 0 Å². The Bertz CT molecular complexity index is 813. The molecule has 2 aromatic rings. The first-order valence-electron chi connectivity index (χ1n) is 6.18. The maximum Gasteiger partial charge on any atom is 0.250 e. The van der Waals surface area contributed by atoms with Gasteiger partial charge in [0.25, 0.3) is 5.56 Å². The molecule has 0 spiro atoms. The third-order valence-electron chi connectivity index (χ3n) is 2.98. The molecular formula is C14H15BrN2O3S. The van der Waals surface area contributed by atoms with Crippen LogP contribution in [0.4, 0.5) is 0 Å². The maximum absolute atomic E-state index is 12.1. The second kappa shape index (κ2) is 6.13. The Labute approximate surface area is 132 Å². The molecule has 5 nitrogen and oxygen atoms in total. The number of hydrogen-bond donors (Lipinski definition) is 0. The van der Waals surface area contributed by atoms with E-state index in [9.17, 15) is 13.2 Å². The van der Waals surface area contributed by atoms with Gasteiger partial charge >= 0.3 is 0 Å². The molecule has 1 aromatic heterocycles. The van der Waals surface area contributed by atoms with E-state index in [0.717, 1.165) is 14.3 Å². The van der Waals surface area contributed by atoms with Gasteiger partial charge in [0.15, 0.2) is 0 Å². The molecule has 0 N–H and O–H groups in total. The quantitative estimate of drug-likeness (QED) is 0.825. The predicted octanol–water partition coefficient (Wildman–Crippen LogP) is 1.91. The average Bonchev–Trinajstić information content (AvgIpc) is 2.41. The fourth-order valence-electron chi connectivity index (χ4n) is 1.83. The highest BCUT2D eigenvalue weighted by Gasteiger charge is 2.18. The van der Waals surface area contributed by atoms with Gasteiger partial charge in [-0.05, 0) is 23.8 Å². The molecular weight excluding hydrogens is 356 g/mol. The van der Waals surface area contributed by atoms with Crippen LogP contribution < -0.4 is 5.56 Å². The van der Waals surface area contributed by atoms with Crippen LogP contribution in [0.25, 0.3) is 0 Å². The first kappa shape index (κ1) is 15.9. The maximum atomic E-state index is 12.1. The Balaban J connectivity index is 2.44. The van der Waals surface area contributed by atoms with Gasteiger partial charge in [-0.1, -0.05) is 28.1 Å². The second-order valence-corrected chi connectivity index (χ2v) is 7.82. The van der Waals surface area contributed by atoms with Crippen LogP contribution in [0.2, 0.25) is 0 Å². The number of aromatic nitrogens is 1. The van der Waals surface area contributed by atoms with Crippen molar-refractivity contribution in [2.45, 2.75) is 11.4 Å². The molecule has 7 heteroatoms. The summed E-state index contributed by atoms with van der Waals surface area (Å²) < 4.78 is 27.6. The van der Waals surface area contributed by atoms with Gasteiger partial charge in [-0.2, -0.15) is 0 Å². The molecule has 0 aliphatic heterocycles. The number of sulfonamides is 1. The van der Waals surface area contributed by atoms with E-state index in [0.29, 0.717) is 6.54 Å². The van der Waals surface area contributed by atoms with Crippen molar-refractivity contribution in [1.82, 2.24) is 8.87 Å². The van der Waals surface area contributed by atoms with Gasteiger partial charge in [-0.3, -0.25) is 4.79 Å². The smallest absolute Gasteiger partial charge is 0.250 e. The highest BCUT2D eigenvalue weighted by molar-refractivity contribution is 9.10. The van der Waals surface area contributed by atoms with Gasteiger partial charge in [0.1, 0.15) is 0 Å². The molecule has 1 heterocycles. The molecule has 0 aliphatic rings. The van der Waals surface area contributed by atoms with Crippen LogP contribution in [0.5, 0.6) is 0 Å². The lowest BCUT2D eigenvalue weighted by Gasteiger charge is -2.13. The summed E-state index contributed by atoms with van der Waals surface area (Å²) in [5.41, 5.74) is 0.665. The van der Waals surface area contributed by atoms with E-state index >= 15 is 0 Å². The highest BCUT2D eigenvalue weighted by atomic mass is 79.9. The van der Waals surface area contributed by atoms with Crippen LogP contribution in [-0.4, -0.2) is 31.4 Å². The Morgan fingerprint density at radius 3 is 2.52 bits per heavy atom. The number of benzene rings is 1. The molecule has 0 saturated heterocycles. The first-order chi connectivity index (χ1) is 9.80. The number of rotatable bonds is 4. The van der Waals surface area contributed by atoms with Crippen LogP contribution in [0.3, 0.4) is 0 Å². The zero-order valence-corrected chi connectivity index (χ0v) is 14.1. The van der Waals surface area contributed by atoms with Gasteiger partial charge in [0.2, 0.25) is 10.0 Å². The standard InChI is InChI=1S/C14H15BrN2O3S/c1-16(2)21(19,20)13-6-7-14(18)17(10-13)9-11-4-3-5-12(15)8-11/h3-8,10H,9H2,1-2H3. The van der Waals surface area contributed by atoms with Crippen molar-refractivity contribution in [2.24, 2.45) is 0 Å². The molecule has 0 bridgehead atoms. The van der Waals surface area contributed by atoms with Crippen LogP contribution in [0.1, 0.15) is 5.56 Å². The van der Waals surface area contributed by atoms with E-state index in [-0.39, 0.29) is 10.5 Å². The average molecular weight is 371 g/mol. The fourth-order valence-corrected chi connectivity index (χ4v) is 3.20. The Hall–Kier alpha value is -1.44. The topological polar surface area (TPSA) is 59.4 Å².